The molecule has 21 heavy (non-hydrogen) atoms. The molecule has 1 aliphatic carbocycles. The molecule has 1 heteroatoms. The zero-order valence-corrected chi connectivity index (χ0v) is 12.6. The van der Waals surface area contributed by atoms with Crippen LogP contribution < -0.4 is 5.19 Å². The molecule has 0 unspecified atom stereocenters. The van der Waals surface area contributed by atoms with E-state index in [2.05, 4.69) is 54.3 Å². The zero-order chi connectivity index (χ0) is 14.7. The molecule has 97 valence electrons. The summed E-state index contributed by atoms with van der Waals surface area (Å²) in [6.07, 6.45) is 14.3. The van der Waals surface area contributed by atoms with Crippen molar-refractivity contribution in [2.24, 2.45) is 0 Å². The van der Waals surface area contributed by atoms with Gasteiger partial charge in [-0.05, 0) is 40.0 Å². The first-order chi connectivity index (χ1) is 10.3. The summed E-state index contributed by atoms with van der Waals surface area (Å²) >= 11 is 0. The first-order valence-electron chi connectivity index (χ1n) is 6.78. The molecule has 1 radical (unpaired) electrons. The summed E-state index contributed by atoms with van der Waals surface area (Å²) in [4.78, 5) is 0. The van der Waals surface area contributed by atoms with Crippen LogP contribution in [0.15, 0.2) is 60.2 Å². The van der Waals surface area contributed by atoms with Crippen LogP contribution in [0.4, 0.5) is 0 Å². The van der Waals surface area contributed by atoms with Crippen molar-refractivity contribution in [1.82, 2.24) is 0 Å². The lowest BCUT2D eigenvalue weighted by molar-refractivity contribution is 1.23. The Morgan fingerprint density at radius 1 is 0.952 bits per heavy atom. The van der Waals surface area contributed by atoms with Crippen molar-refractivity contribution in [3.8, 4) is 24.7 Å². The third kappa shape index (κ3) is 2.65. The highest BCUT2D eigenvalue weighted by molar-refractivity contribution is 6.72. The fourth-order valence-electron chi connectivity index (χ4n) is 2.47. The minimum atomic E-state index is 0.543. The van der Waals surface area contributed by atoms with Crippen LogP contribution in [0.1, 0.15) is 16.7 Å². The Morgan fingerprint density at radius 3 is 2.48 bits per heavy atom. The van der Waals surface area contributed by atoms with Crippen LogP contribution >= 0.6 is 0 Å². The topological polar surface area (TPSA) is 0 Å². The maximum Gasteiger partial charge on any atom is 0.0711 e. The molecule has 0 aromatic heterocycles. The van der Waals surface area contributed by atoms with E-state index in [1.807, 2.05) is 12.1 Å². The van der Waals surface area contributed by atoms with E-state index in [9.17, 15) is 0 Å². The maximum absolute atomic E-state index is 5.70. The highest BCUT2D eigenvalue weighted by atomic mass is 28.2. The number of fused-ring (bicyclic) bond motifs is 1. The molecular weight excluding hydrogens is 268 g/mol. The van der Waals surface area contributed by atoms with Crippen molar-refractivity contribution in [2.45, 2.75) is 6.42 Å². The molecule has 0 saturated heterocycles. The van der Waals surface area contributed by atoms with Crippen molar-refractivity contribution in [2.75, 3.05) is 0 Å². The van der Waals surface area contributed by atoms with Gasteiger partial charge in [0.05, 0.1) is 9.13 Å². The maximum atomic E-state index is 5.70. The standard InChI is InChI=1S/C20H13Si/c1-3-15-10-11-17-13-12-16(4-2)20(19(17)14-15)21-18-8-6-5-7-9-18/h1-2,5-12,14H,13H2. The van der Waals surface area contributed by atoms with Crippen LogP contribution in [0, 0.1) is 24.7 Å². The van der Waals surface area contributed by atoms with Crippen LogP contribution in [0.3, 0.4) is 0 Å². The molecule has 0 atom stereocenters. The van der Waals surface area contributed by atoms with E-state index in [1.165, 1.54) is 21.5 Å². The average Bonchev–Trinajstić information content (AvgIpc) is 2.55. The predicted octanol–water partition coefficient (Wildman–Crippen LogP) is 2.33. The largest absolute Gasteiger partial charge is 0.115 e. The summed E-state index contributed by atoms with van der Waals surface area (Å²) < 4.78 is 0. The van der Waals surface area contributed by atoms with Crippen molar-refractivity contribution < 1.29 is 0 Å². The molecule has 0 fully saturated rings. The van der Waals surface area contributed by atoms with Gasteiger partial charge in [0.15, 0.2) is 0 Å². The van der Waals surface area contributed by atoms with E-state index in [-0.39, 0.29) is 0 Å². The van der Waals surface area contributed by atoms with Gasteiger partial charge in [-0.25, -0.2) is 0 Å². The SMILES string of the molecule is C#CC1=CCc2ccc(C#C)cc2C1=[Si]c1ccccc1. The number of terminal acetylenes is 2. The van der Waals surface area contributed by atoms with Crippen LogP contribution in [-0.4, -0.2) is 14.3 Å². The molecule has 0 bridgehead atoms. The van der Waals surface area contributed by atoms with E-state index in [4.69, 9.17) is 12.8 Å². The van der Waals surface area contributed by atoms with E-state index in [0.717, 1.165) is 17.6 Å². The molecule has 0 spiro atoms. The van der Waals surface area contributed by atoms with Gasteiger partial charge in [-0.2, -0.15) is 0 Å². The van der Waals surface area contributed by atoms with Gasteiger partial charge in [0.25, 0.3) is 0 Å². The van der Waals surface area contributed by atoms with Crippen LogP contribution in [0.25, 0.3) is 0 Å². The summed E-state index contributed by atoms with van der Waals surface area (Å²) in [7, 11) is 0.543. The molecule has 0 amide bonds. The Kier molecular flexibility index (Phi) is 3.69. The van der Waals surface area contributed by atoms with Crippen LogP contribution in [0.5, 0.6) is 0 Å². The zero-order valence-electron chi connectivity index (χ0n) is 11.6. The molecule has 0 N–H and O–H groups in total. The van der Waals surface area contributed by atoms with Crippen molar-refractivity contribution in [3.63, 3.8) is 0 Å². The molecule has 0 saturated carbocycles. The first-order valence-corrected chi connectivity index (χ1v) is 7.78. The molecule has 0 aliphatic heterocycles. The lowest BCUT2D eigenvalue weighted by Crippen LogP contribution is -2.22. The minimum Gasteiger partial charge on any atom is -0.115 e. The lowest BCUT2D eigenvalue weighted by atomic mass is 9.90. The Balaban J connectivity index is 2.19. The summed E-state index contributed by atoms with van der Waals surface area (Å²) in [5.41, 5.74) is 4.41. The summed E-state index contributed by atoms with van der Waals surface area (Å²) in [5, 5.41) is 2.51. The predicted molar refractivity (Wildman–Crippen MR) is 90.9 cm³/mol. The van der Waals surface area contributed by atoms with Gasteiger partial charge in [-0.15, -0.1) is 12.8 Å². The van der Waals surface area contributed by atoms with Gasteiger partial charge in [-0.3, -0.25) is 0 Å². The highest BCUT2D eigenvalue weighted by Crippen LogP contribution is 2.21. The Labute approximate surface area is 128 Å². The van der Waals surface area contributed by atoms with Crippen molar-refractivity contribution in [1.29, 1.82) is 0 Å². The van der Waals surface area contributed by atoms with Gasteiger partial charge in [0.1, 0.15) is 0 Å². The Morgan fingerprint density at radius 2 is 1.76 bits per heavy atom. The summed E-state index contributed by atoms with van der Waals surface area (Å²) in [5.74, 6) is 5.54. The number of hydrogen-bond donors (Lipinski definition) is 0. The van der Waals surface area contributed by atoms with E-state index in [1.54, 1.807) is 0 Å². The minimum absolute atomic E-state index is 0.543. The second kappa shape index (κ2) is 5.79. The number of allylic oxidation sites excluding steroid dienone is 2. The smallest absolute Gasteiger partial charge is 0.0711 e. The van der Waals surface area contributed by atoms with Crippen molar-refractivity contribution in [3.05, 3.63) is 76.9 Å². The van der Waals surface area contributed by atoms with Crippen LogP contribution in [0.2, 0.25) is 0 Å². The van der Waals surface area contributed by atoms with Gasteiger partial charge in [-0.1, -0.05) is 54.3 Å². The number of rotatable bonds is 1. The average molecular weight is 281 g/mol. The van der Waals surface area contributed by atoms with Gasteiger partial charge in [0, 0.05) is 11.1 Å². The third-order valence-corrected chi connectivity index (χ3v) is 4.95. The number of hydrogen-bond acceptors (Lipinski definition) is 0. The highest BCUT2D eigenvalue weighted by Gasteiger charge is 2.16. The molecular formula is C20H13Si. The molecule has 1 aliphatic rings. The molecule has 3 rings (SSSR count). The van der Waals surface area contributed by atoms with Gasteiger partial charge < -0.3 is 0 Å². The Bertz CT molecular complexity index is 824. The lowest BCUT2D eigenvalue weighted by Gasteiger charge is -2.18. The van der Waals surface area contributed by atoms with E-state index in [0.29, 0.717) is 9.13 Å². The van der Waals surface area contributed by atoms with Gasteiger partial charge >= 0.3 is 0 Å². The first kappa shape index (κ1) is 13.4. The summed E-state index contributed by atoms with van der Waals surface area (Å²) in [6, 6.07) is 16.6. The molecule has 0 nitrogen and oxygen atoms in total. The fourth-order valence-corrected chi connectivity index (χ4v) is 3.79. The molecule has 2 aromatic rings. The normalized spacial score (nSPS) is 14.8. The van der Waals surface area contributed by atoms with Crippen LogP contribution in [-0.2, 0) is 6.42 Å². The summed E-state index contributed by atoms with van der Waals surface area (Å²) in [6.45, 7) is 0. The second-order valence-electron chi connectivity index (χ2n) is 4.85. The van der Waals surface area contributed by atoms with Gasteiger partial charge in [0.2, 0.25) is 0 Å². The monoisotopic (exact) mass is 281 g/mol. The fraction of sp³-hybridized carbons (Fsp3) is 0.0500. The number of benzene rings is 2. The molecule has 2 aromatic carbocycles. The van der Waals surface area contributed by atoms with Crippen molar-refractivity contribution >= 4 is 19.5 Å². The molecule has 0 heterocycles. The Hall–Kier alpha value is -2.61. The van der Waals surface area contributed by atoms with E-state index >= 15 is 0 Å². The third-order valence-electron chi connectivity index (χ3n) is 3.54. The quantitative estimate of drug-likeness (QED) is 0.556. The van der Waals surface area contributed by atoms with E-state index < -0.39 is 0 Å². The second-order valence-corrected chi connectivity index (χ2v) is 6.18.